The van der Waals surface area contributed by atoms with Crippen LogP contribution in [0.4, 0.5) is 0 Å². The molecule has 0 bridgehead atoms. The summed E-state index contributed by atoms with van der Waals surface area (Å²) < 4.78 is 10.8. The minimum Gasteiger partial charge on any atom is -0.462 e. The second-order valence-corrected chi connectivity index (χ2v) is 4.87. The Morgan fingerprint density at radius 2 is 2.24 bits per heavy atom. The number of hydrogen-bond donors (Lipinski definition) is 0. The molecule has 0 saturated heterocycles. The van der Waals surface area contributed by atoms with Crippen LogP contribution in [0.1, 0.15) is 17.3 Å². The predicted octanol–water partition coefficient (Wildman–Crippen LogP) is 4.68. The second kappa shape index (κ2) is 4.88. The number of carbonyl (C=O) groups is 1. The highest BCUT2D eigenvalue weighted by atomic mass is 79.9. The van der Waals surface area contributed by atoms with Crippen molar-refractivity contribution in [2.24, 2.45) is 0 Å². The van der Waals surface area contributed by atoms with E-state index < -0.39 is 5.97 Å². The SMILES string of the molecule is CCOC(=O)c1coc2c(Cl)cc(Br)c(Cl)c12. The fourth-order valence-electron chi connectivity index (χ4n) is 1.47. The third kappa shape index (κ3) is 2.17. The Balaban J connectivity index is 2.71. The van der Waals surface area contributed by atoms with E-state index >= 15 is 0 Å². The first kappa shape index (κ1) is 12.7. The van der Waals surface area contributed by atoms with Gasteiger partial charge in [0, 0.05) is 4.47 Å². The van der Waals surface area contributed by atoms with Crippen molar-refractivity contribution in [2.45, 2.75) is 6.92 Å². The summed E-state index contributed by atoms with van der Waals surface area (Å²) in [5.74, 6) is -0.484. The van der Waals surface area contributed by atoms with E-state index in [9.17, 15) is 4.79 Å². The zero-order valence-electron chi connectivity index (χ0n) is 8.72. The number of furan rings is 1. The standard InChI is InChI=1S/C11H7BrCl2O3/c1-2-16-11(15)5-4-17-10-7(13)3-6(12)9(14)8(5)10/h3-4H,2H2,1H3. The number of halogens is 3. The van der Waals surface area contributed by atoms with Gasteiger partial charge in [-0.25, -0.2) is 4.79 Å². The molecule has 2 aromatic rings. The van der Waals surface area contributed by atoms with Gasteiger partial charge in [0.25, 0.3) is 0 Å². The van der Waals surface area contributed by atoms with E-state index in [0.29, 0.717) is 25.5 Å². The minimum absolute atomic E-state index is 0.273. The van der Waals surface area contributed by atoms with Gasteiger partial charge in [0.15, 0.2) is 5.58 Å². The maximum absolute atomic E-state index is 11.7. The van der Waals surface area contributed by atoms with Crippen LogP contribution in [0.25, 0.3) is 11.0 Å². The molecule has 0 unspecified atom stereocenters. The monoisotopic (exact) mass is 336 g/mol. The largest absolute Gasteiger partial charge is 0.462 e. The highest BCUT2D eigenvalue weighted by Gasteiger charge is 2.21. The van der Waals surface area contributed by atoms with E-state index in [4.69, 9.17) is 32.4 Å². The van der Waals surface area contributed by atoms with E-state index in [0.717, 1.165) is 0 Å². The topological polar surface area (TPSA) is 39.4 Å². The van der Waals surface area contributed by atoms with Crippen LogP contribution in [-0.4, -0.2) is 12.6 Å². The Hall–Kier alpha value is -0.710. The molecule has 90 valence electrons. The van der Waals surface area contributed by atoms with Crippen LogP contribution in [0.15, 0.2) is 21.2 Å². The van der Waals surface area contributed by atoms with Crippen LogP contribution in [0.3, 0.4) is 0 Å². The van der Waals surface area contributed by atoms with Gasteiger partial charge in [-0.1, -0.05) is 23.2 Å². The maximum Gasteiger partial charge on any atom is 0.342 e. The molecule has 0 aliphatic heterocycles. The van der Waals surface area contributed by atoms with Gasteiger partial charge in [-0.05, 0) is 28.9 Å². The fraction of sp³-hybridized carbons (Fsp3) is 0.182. The van der Waals surface area contributed by atoms with Crippen LogP contribution < -0.4 is 0 Å². The molecule has 0 spiro atoms. The molecule has 6 heteroatoms. The number of hydrogen-bond acceptors (Lipinski definition) is 3. The van der Waals surface area contributed by atoms with Gasteiger partial charge in [0.1, 0.15) is 11.8 Å². The van der Waals surface area contributed by atoms with E-state index in [1.807, 2.05) is 0 Å². The highest BCUT2D eigenvalue weighted by Crippen LogP contribution is 2.39. The van der Waals surface area contributed by atoms with Crippen LogP contribution in [-0.2, 0) is 4.74 Å². The van der Waals surface area contributed by atoms with Crippen molar-refractivity contribution in [3.05, 3.63) is 32.4 Å². The fourth-order valence-corrected chi connectivity index (χ4v) is 2.52. The first-order chi connectivity index (χ1) is 8.06. The maximum atomic E-state index is 11.7. The second-order valence-electron chi connectivity index (χ2n) is 3.23. The van der Waals surface area contributed by atoms with Gasteiger partial charge < -0.3 is 9.15 Å². The molecule has 1 aromatic heterocycles. The zero-order valence-corrected chi connectivity index (χ0v) is 11.8. The number of ether oxygens (including phenoxy) is 1. The van der Waals surface area contributed by atoms with Crippen LogP contribution in [0, 0.1) is 0 Å². The molecule has 3 nitrogen and oxygen atoms in total. The zero-order chi connectivity index (χ0) is 12.6. The summed E-state index contributed by atoms with van der Waals surface area (Å²) >= 11 is 15.4. The molecule has 0 amide bonds. The number of rotatable bonds is 2. The Kier molecular flexibility index (Phi) is 3.66. The molecule has 0 aliphatic carbocycles. The third-order valence-corrected chi connectivity index (χ3v) is 3.71. The van der Waals surface area contributed by atoms with Crippen molar-refractivity contribution in [2.75, 3.05) is 6.61 Å². The third-order valence-electron chi connectivity index (χ3n) is 2.19. The lowest BCUT2D eigenvalue weighted by atomic mass is 10.2. The molecular formula is C11H7BrCl2O3. The van der Waals surface area contributed by atoms with Crippen LogP contribution >= 0.6 is 39.1 Å². The number of benzene rings is 1. The van der Waals surface area contributed by atoms with Crippen molar-refractivity contribution >= 4 is 56.1 Å². The van der Waals surface area contributed by atoms with E-state index in [1.165, 1.54) is 6.26 Å². The first-order valence-electron chi connectivity index (χ1n) is 4.78. The summed E-state index contributed by atoms with van der Waals surface area (Å²) in [4.78, 5) is 11.7. The van der Waals surface area contributed by atoms with Gasteiger partial charge in [0.2, 0.25) is 0 Å². The molecule has 1 aromatic carbocycles. The van der Waals surface area contributed by atoms with E-state index in [2.05, 4.69) is 15.9 Å². The molecule has 0 fully saturated rings. The number of fused-ring (bicyclic) bond motifs is 1. The molecule has 1 heterocycles. The normalized spacial score (nSPS) is 10.8. The Labute approximate surface area is 116 Å². The lowest BCUT2D eigenvalue weighted by Crippen LogP contribution is -2.03. The minimum atomic E-state index is -0.484. The van der Waals surface area contributed by atoms with Gasteiger partial charge >= 0.3 is 5.97 Å². The molecule has 0 saturated carbocycles. The van der Waals surface area contributed by atoms with Gasteiger partial charge in [-0.15, -0.1) is 0 Å². The molecule has 17 heavy (non-hydrogen) atoms. The highest BCUT2D eigenvalue weighted by molar-refractivity contribution is 9.10. The first-order valence-corrected chi connectivity index (χ1v) is 6.33. The van der Waals surface area contributed by atoms with Crippen molar-refractivity contribution < 1.29 is 13.9 Å². The molecule has 0 radical (unpaired) electrons. The van der Waals surface area contributed by atoms with Crippen molar-refractivity contribution in [3.63, 3.8) is 0 Å². The molecule has 0 aliphatic rings. The Bertz CT molecular complexity index is 592. The molecule has 0 N–H and O–H groups in total. The smallest absolute Gasteiger partial charge is 0.342 e. The Morgan fingerprint density at radius 1 is 1.53 bits per heavy atom. The predicted molar refractivity (Wildman–Crippen MR) is 69.9 cm³/mol. The van der Waals surface area contributed by atoms with Crippen molar-refractivity contribution in [1.29, 1.82) is 0 Å². The average molecular weight is 338 g/mol. The summed E-state index contributed by atoms with van der Waals surface area (Å²) in [5, 5.41) is 1.22. The quantitative estimate of drug-likeness (QED) is 0.590. The summed E-state index contributed by atoms with van der Waals surface area (Å²) in [6, 6.07) is 1.62. The van der Waals surface area contributed by atoms with Gasteiger partial charge in [0.05, 0.1) is 22.0 Å². The lowest BCUT2D eigenvalue weighted by Gasteiger charge is -2.02. The van der Waals surface area contributed by atoms with Gasteiger partial charge in [-0.2, -0.15) is 0 Å². The number of carbonyl (C=O) groups excluding carboxylic acids is 1. The van der Waals surface area contributed by atoms with Crippen LogP contribution in [0.2, 0.25) is 10.0 Å². The summed E-state index contributed by atoms with van der Waals surface area (Å²) in [6.07, 6.45) is 1.30. The number of esters is 1. The molecular weight excluding hydrogens is 331 g/mol. The van der Waals surface area contributed by atoms with Crippen molar-refractivity contribution in [1.82, 2.24) is 0 Å². The van der Waals surface area contributed by atoms with Crippen molar-refractivity contribution in [3.8, 4) is 0 Å². The average Bonchev–Trinajstić information content (AvgIpc) is 2.71. The van der Waals surface area contributed by atoms with Crippen LogP contribution in [0.5, 0.6) is 0 Å². The summed E-state index contributed by atoms with van der Waals surface area (Å²) in [7, 11) is 0. The Morgan fingerprint density at radius 3 is 2.88 bits per heavy atom. The lowest BCUT2D eigenvalue weighted by molar-refractivity contribution is 0.0527. The van der Waals surface area contributed by atoms with E-state index in [1.54, 1.807) is 13.0 Å². The summed E-state index contributed by atoms with van der Waals surface area (Å²) in [6.45, 7) is 2.01. The molecule has 0 atom stereocenters. The molecule has 2 rings (SSSR count). The van der Waals surface area contributed by atoms with Gasteiger partial charge in [-0.3, -0.25) is 0 Å². The van der Waals surface area contributed by atoms with E-state index in [-0.39, 0.29) is 12.2 Å². The summed E-state index contributed by atoms with van der Waals surface area (Å²) in [5.41, 5.74) is 0.651.